The van der Waals surface area contributed by atoms with Crippen molar-refractivity contribution in [2.45, 2.75) is 12.1 Å². The van der Waals surface area contributed by atoms with Gasteiger partial charge in [-0.2, -0.15) is 0 Å². The Morgan fingerprint density at radius 1 is 1.44 bits per heavy atom. The molecule has 3 fully saturated rings. The summed E-state index contributed by atoms with van der Waals surface area (Å²) in [4.78, 5) is 1.52. The smallest absolute Gasteiger partial charge is 0.260 e. The molecular weight excluding hydrogens is 119 g/mol. The molecule has 3 unspecified atom stereocenters. The molecule has 0 amide bonds. The molecule has 50 valence electrons. The highest BCUT2D eigenvalue weighted by Crippen LogP contribution is 2.43. The Balaban J connectivity index is 2.07. The highest BCUT2D eigenvalue weighted by atomic mass is 19.2. The van der Waals surface area contributed by atoms with Crippen LogP contribution in [-0.2, 0) is 0 Å². The fourth-order valence-corrected chi connectivity index (χ4v) is 2.58. The van der Waals surface area contributed by atoms with Crippen LogP contribution in [0.15, 0.2) is 0 Å². The highest BCUT2D eigenvalue weighted by Gasteiger charge is 2.86. The maximum atomic E-state index is 13.4. The number of piperazine rings is 1. The summed E-state index contributed by atoms with van der Waals surface area (Å²) in [6, 6.07) is 0. The second-order valence-electron chi connectivity index (χ2n) is 3.62. The van der Waals surface area contributed by atoms with Gasteiger partial charge in [0.1, 0.15) is 19.5 Å². The first-order valence-electron chi connectivity index (χ1n) is 3.69. The summed E-state index contributed by atoms with van der Waals surface area (Å²) >= 11 is 0. The zero-order chi connectivity index (χ0) is 6.11. The van der Waals surface area contributed by atoms with Crippen LogP contribution in [0.2, 0.25) is 0 Å². The quantitative estimate of drug-likeness (QED) is 0.307. The van der Waals surface area contributed by atoms with Gasteiger partial charge >= 0.3 is 5.66 Å². The molecule has 0 aromatic carbocycles. The van der Waals surface area contributed by atoms with Gasteiger partial charge in [0.05, 0.1) is 0 Å². The summed E-state index contributed by atoms with van der Waals surface area (Å²) in [6.07, 6.45) is 1.14. The third-order valence-electron chi connectivity index (χ3n) is 3.45. The van der Waals surface area contributed by atoms with E-state index in [2.05, 4.69) is 0 Å². The zero-order valence-corrected chi connectivity index (χ0v) is 5.36. The van der Waals surface area contributed by atoms with Gasteiger partial charge in [-0.05, 0) is 0 Å². The Morgan fingerprint density at radius 3 is 2.56 bits per heavy atom. The van der Waals surface area contributed by atoms with Crippen molar-refractivity contribution in [3.05, 3.63) is 0 Å². The SMILES string of the molecule is F[N+]12CC[NH+]3CC31CC2. The minimum atomic E-state index is -0.0810. The van der Waals surface area contributed by atoms with Gasteiger partial charge < -0.3 is 0 Å². The Kier molecular flexibility index (Phi) is 0.481. The molecule has 0 radical (unpaired) electrons. The first-order valence-corrected chi connectivity index (χ1v) is 3.69. The number of nitrogens with zero attached hydrogens (tertiary/aromatic N) is 1. The zero-order valence-electron chi connectivity index (χ0n) is 5.36. The lowest BCUT2D eigenvalue weighted by atomic mass is 10.0. The van der Waals surface area contributed by atoms with Crippen LogP contribution < -0.4 is 4.90 Å². The molecule has 0 aromatic rings. The summed E-state index contributed by atoms with van der Waals surface area (Å²) in [5, 5.41) is 0. The summed E-state index contributed by atoms with van der Waals surface area (Å²) in [5.41, 5.74) is 0.125. The molecule has 0 saturated carbocycles. The first-order chi connectivity index (χ1) is 4.27. The van der Waals surface area contributed by atoms with Crippen LogP contribution in [-0.4, -0.2) is 36.5 Å². The molecule has 3 atom stereocenters. The number of quaternary nitrogens is 2. The van der Waals surface area contributed by atoms with Crippen molar-refractivity contribution in [2.75, 3.05) is 26.2 Å². The third kappa shape index (κ3) is 0.282. The minimum Gasteiger partial charge on any atom is -0.260 e. The van der Waals surface area contributed by atoms with Crippen molar-refractivity contribution in [1.82, 2.24) is 0 Å². The van der Waals surface area contributed by atoms with Gasteiger partial charge in [0.2, 0.25) is 0 Å². The van der Waals surface area contributed by atoms with E-state index in [1.807, 2.05) is 0 Å². The van der Waals surface area contributed by atoms with Crippen molar-refractivity contribution in [3.63, 3.8) is 0 Å². The van der Waals surface area contributed by atoms with E-state index in [1.165, 1.54) is 4.90 Å². The molecule has 0 aromatic heterocycles. The standard InChI is InChI=1S/C6H10FN2/c7-9-3-1-6(9)5-8(6)2-4-9/h1-5H2/q+1/p+1. The van der Waals surface area contributed by atoms with Crippen molar-refractivity contribution in [2.24, 2.45) is 0 Å². The molecule has 3 saturated heterocycles. The lowest BCUT2D eigenvalue weighted by molar-refractivity contribution is -1.14. The molecule has 0 aliphatic carbocycles. The van der Waals surface area contributed by atoms with Crippen LogP contribution in [0.3, 0.4) is 0 Å². The monoisotopic (exact) mass is 130 g/mol. The first kappa shape index (κ1) is 4.63. The summed E-state index contributed by atoms with van der Waals surface area (Å²) in [6.45, 7) is 3.78. The second kappa shape index (κ2) is 0.935. The van der Waals surface area contributed by atoms with E-state index in [1.54, 1.807) is 0 Å². The van der Waals surface area contributed by atoms with Crippen LogP contribution >= 0.6 is 0 Å². The minimum absolute atomic E-state index is 0.0810. The van der Waals surface area contributed by atoms with Crippen molar-refractivity contribution < 1.29 is 14.1 Å². The molecule has 3 heterocycles. The van der Waals surface area contributed by atoms with Crippen LogP contribution in [0, 0.1) is 0 Å². The maximum Gasteiger partial charge on any atom is 0.314 e. The number of hydrogen-bond donors (Lipinski definition) is 1. The number of halogens is 1. The molecule has 3 rings (SSSR count). The number of nitrogens with one attached hydrogen (secondary N) is 1. The van der Waals surface area contributed by atoms with Crippen LogP contribution in [0.5, 0.6) is 0 Å². The molecule has 9 heavy (non-hydrogen) atoms. The van der Waals surface area contributed by atoms with E-state index < -0.39 is 0 Å². The average molecular weight is 130 g/mol. The Morgan fingerprint density at radius 2 is 2.33 bits per heavy atom. The maximum absolute atomic E-state index is 13.4. The van der Waals surface area contributed by atoms with E-state index in [0.717, 1.165) is 32.6 Å². The fourth-order valence-electron chi connectivity index (χ4n) is 2.58. The Labute approximate surface area is 53.4 Å². The Bertz CT molecular complexity index is 173. The van der Waals surface area contributed by atoms with Gasteiger partial charge in [0.25, 0.3) is 0 Å². The molecule has 3 heteroatoms. The Hall–Kier alpha value is -0.150. The van der Waals surface area contributed by atoms with E-state index >= 15 is 0 Å². The molecule has 1 N–H and O–H groups in total. The average Bonchev–Trinajstić information content (AvgIpc) is 2.52. The lowest BCUT2D eigenvalue weighted by Gasteiger charge is -2.33. The molecule has 0 bridgehead atoms. The summed E-state index contributed by atoms with van der Waals surface area (Å²) < 4.78 is 13.4. The van der Waals surface area contributed by atoms with E-state index in [4.69, 9.17) is 0 Å². The van der Waals surface area contributed by atoms with Gasteiger partial charge in [-0.25, -0.2) is 0 Å². The predicted octanol–water partition coefficient (Wildman–Crippen LogP) is -1.30. The van der Waals surface area contributed by atoms with Gasteiger partial charge in [-0.1, -0.05) is 4.71 Å². The highest BCUT2D eigenvalue weighted by molar-refractivity contribution is 4.88. The molecule has 1 spiro atoms. The van der Waals surface area contributed by atoms with Crippen LogP contribution in [0.25, 0.3) is 0 Å². The largest absolute Gasteiger partial charge is 0.314 e. The van der Waals surface area contributed by atoms with Gasteiger partial charge in [-0.3, -0.25) is 4.90 Å². The molecule has 3 aliphatic heterocycles. The van der Waals surface area contributed by atoms with Gasteiger partial charge in [-0.15, -0.1) is 0 Å². The van der Waals surface area contributed by atoms with Crippen molar-refractivity contribution in [3.8, 4) is 0 Å². The van der Waals surface area contributed by atoms with Crippen molar-refractivity contribution in [1.29, 1.82) is 0 Å². The van der Waals surface area contributed by atoms with Gasteiger partial charge in [0.15, 0.2) is 13.1 Å². The number of rotatable bonds is 0. The summed E-state index contributed by atoms with van der Waals surface area (Å²) in [5.74, 6) is 0. The summed E-state index contributed by atoms with van der Waals surface area (Å²) in [7, 11) is 0. The van der Waals surface area contributed by atoms with Crippen molar-refractivity contribution >= 4 is 0 Å². The second-order valence-corrected chi connectivity index (χ2v) is 3.62. The third-order valence-corrected chi connectivity index (χ3v) is 3.45. The predicted molar refractivity (Wildman–Crippen MR) is 29.1 cm³/mol. The topological polar surface area (TPSA) is 4.44 Å². The number of hydrogen-bond acceptors (Lipinski definition) is 0. The van der Waals surface area contributed by atoms with Gasteiger partial charge in [0, 0.05) is 4.48 Å². The van der Waals surface area contributed by atoms with Crippen LogP contribution in [0.4, 0.5) is 4.48 Å². The normalized spacial score (nSPS) is 68.3. The molecular formula is C6H11FN2+2. The van der Waals surface area contributed by atoms with E-state index in [-0.39, 0.29) is 10.4 Å². The lowest BCUT2D eigenvalue weighted by Crippen LogP contribution is -2.97. The van der Waals surface area contributed by atoms with E-state index in [0.29, 0.717) is 0 Å². The van der Waals surface area contributed by atoms with E-state index in [9.17, 15) is 4.48 Å². The molecule has 2 nitrogen and oxygen atoms in total. The molecule has 3 aliphatic rings. The van der Waals surface area contributed by atoms with Crippen LogP contribution in [0.1, 0.15) is 6.42 Å². The fraction of sp³-hybridized carbons (Fsp3) is 1.00.